The lowest BCUT2D eigenvalue weighted by molar-refractivity contribution is 0.611. The summed E-state index contributed by atoms with van der Waals surface area (Å²) in [6, 6.07) is 65.5. The minimum absolute atomic E-state index is 0.731. The summed E-state index contributed by atoms with van der Waals surface area (Å²) < 4.78 is 15.5. The van der Waals surface area contributed by atoms with Gasteiger partial charge in [0.25, 0.3) is 0 Å². The summed E-state index contributed by atoms with van der Waals surface area (Å²) >= 11 is 0. The van der Waals surface area contributed by atoms with E-state index in [0.29, 0.717) is 0 Å². The average molecular weight is 819 g/mol. The van der Waals surface area contributed by atoms with Gasteiger partial charge in [-0.1, -0.05) is 193 Å². The topological polar surface area (TPSA) is 18.5 Å². The minimum Gasteiger partial charge on any atom is -0.464 e. The molecular formula is C56H52O2P2. The van der Waals surface area contributed by atoms with Crippen molar-refractivity contribution in [2.45, 2.75) is 54.4 Å². The second-order valence-corrected chi connectivity index (χ2v) is 19.4. The number of benzene rings is 8. The van der Waals surface area contributed by atoms with Crippen LogP contribution in [0.5, 0.6) is 11.5 Å². The molecule has 298 valence electrons. The van der Waals surface area contributed by atoms with Gasteiger partial charge in [-0.05, 0) is 86.1 Å². The lowest BCUT2D eigenvalue weighted by atomic mass is 9.85. The molecule has 0 aliphatic heterocycles. The second kappa shape index (κ2) is 18.6. The predicted octanol–water partition coefficient (Wildman–Crippen LogP) is 13.2. The molecule has 60 heavy (non-hydrogen) atoms. The monoisotopic (exact) mass is 818 g/mol. The Hall–Kier alpha value is -5.78. The Bertz CT molecular complexity index is 2410. The van der Waals surface area contributed by atoms with Crippen LogP contribution in [-0.2, 0) is 12.8 Å². The third kappa shape index (κ3) is 9.17. The van der Waals surface area contributed by atoms with E-state index in [-0.39, 0.29) is 0 Å². The molecule has 0 heterocycles. The van der Waals surface area contributed by atoms with Crippen molar-refractivity contribution in [3.63, 3.8) is 0 Å². The average Bonchev–Trinajstić information content (AvgIpc) is 3.28. The lowest BCUT2D eigenvalue weighted by Gasteiger charge is -2.30. The van der Waals surface area contributed by atoms with Gasteiger partial charge >= 0.3 is 0 Å². The maximum Gasteiger partial charge on any atom is 0.150 e. The van der Waals surface area contributed by atoms with Crippen LogP contribution in [0.25, 0.3) is 11.1 Å². The lowest BCUT2D eigenvalue weighted by Crippen LogP contribution is -2.18. The third-order valence-corrected chi connectivity index (χ3v) is 15.2. The van der Waals surface area contributed by atoms with Crippen molar-refractivity contribution >= 4 is 37.5 Å². The highest BCUT2D eigenvalue weighted by Crippen LogP contribution is 2.53. The Kier molecular flexibility index (Phi) is 12.7. The largest absolute Gasteiger partial charge is 0.464 e. The van der Waals surface area contributed by atoms with Gasteiger partial charge in [0.2, 0.25) is 0 Å². The van der Waals surface area contributed by atoms with Crippen molar-refractivity contribution in [2.75, 3.05) is 0 Å². The first kappa shape index (κ1) is 41.0. The van der Waals surface area contributed by atoms with Crippen molar-refractivity contribution in [2.24, 2.45) is 0 Å². The summed E-state index contributed by atoms with van der Waals surface area (Å²) in [4.78, 5) is 0. The summed E-state index contributed by atoms with van der Waals surface area (Å²) in [5, 5.41) is 4.66. The molecule has 0 aliphatic rings. The Morgan fingerprint density at radius 1 is 0.350 bits per heavy atom. The van der Waals surface area contributed by atoms with Gasteiger partial charge in [0, 0.05) is 45.2 Å². The molecule has 0 atom stereocenters. The molecule has 0 bridgehead atoms. The molecule has 0 aromatic heterocycles. The summed E-state index contributed by atoms with van der Waals surface area (Å²) in [5.74, 6) is 1.84. The van der Waals surface area contributed by atoms with Crippen molar-refractivity contribution in [1.82, 2.24) is 0 Å². The van der Waals surface area contributed by atoms with Gasteiger partial charge in [-0.25, -0.2) is 0 Å². The van der Waals surface area contributed by atoms with Crippen LogP contribution in [0.3, 0.4) is 0 Å². The standard InChI is InChI=1S/C56H52O2P2/c1-39-27-31-45(32-28-39)37-47-35-41(3)43(5)53(55(47)57-59(49-19-11-7-12-20-49)50-21-13-8-14-22-50)54-44(6)42(4)36-48(38-46-33-29-40(2)30-34-46)56(54)58-60(51-23-15-9-16-24-51)52-25-17-10-18-26-52/h7-36H,37-38H2,1-6H3. The summed E-state index contributed by atoms with van der Waals surface area (Å²) in [6.45, 7) is 13.3. The van der Waals surface area contributed by atoms with E-state index in [1.807, 2.05) is 0 Å². The van der Waals surface area contributed by atoms with E-state index in [1.54, 1.807) is 0 Å². The van der Waals surface area contributed by atoms with Crippen LogP contribution in [0.2, 0.25) is 0 Å². The van der Waals surface area contributed by atoms with E-state index in [2.05, 4.69) is 224 Å². The van der Waals surface area contributed by atoms with E-state index in [9.17, 15) is 0 Å². The fraction of sp³-hybridized carbons (Fsp3) is 0.143. The summed E-state index contributed by atoms with van der Waals surface area (Å²) in [6.07, 6.45) is 1.46. The highest BCUT2D eigenvalue weighted by molar-refractivity contribution is 7.69. The molecule has 8 aromatic rings. The third-order valence-electron chi connectivity index (χ3n) is 11.4. The van der Waals surface area contributed by atoms with E-state index in [4.69, 9.17) is 9.05 Å². The minimum atomic E-state index is -1.25. The predicted molar refractivity (Wildman–Crippen MR) is 258 cm³/mol. The number of hydrogen-bond donors (Lipinski definition) is 0. The quantitative estimate of drug-likeness (QED) is 0.108. The fourth-order valence-electron chi connectivity index (χ4n) is 7.80. The molecule has 0 fully saturated rings. The van der Waals surface area contributed by atoms with E-state index >= 15 is 0 Å². The van der Waals surface area contributed by atoms with Crippen LogP contribution in [0.15, 0.2) is 182 Å². The number of hydrogen-bond acceptors (Lipinski definition) is 2. The van der Waals surface area contributed by atoms with Crippen LogP contribution in [0.4, 0.5) is 0 Å². The molecule has 8 aromatic carbocycles. The van der Waals surface area contributed by atoms with Crippen molar-refractivity contribution < 1.29 is 9.05 Å². The Morgan fingerprint density at radius 2 is 0.633 bits per heavy atom. The van der Waals surface area contributed by atoms with Gasteiger partial charge in [0.05, 0.1) is 0 Å². The normalized spacial score (nSPS) is 11.3. The molecule has 0 unspecified atom stereocenters. The SMILES string of the molecule is Cc1ccc(Cc2cc(C)c(C)c(-c3c(C)c(C)cc(Cc4ccc(C)cc4)c3OP(c3ccccc3)c3ccccc3)c2OP(c2ccccc2)c2ccccc2)cc1. The molecule has 0 amide bonds. The van der Waals surface area contributed by atoms with Crippen molar-refractivity contribution in [3.8, 4) is 22.6 Å². The molecular weight excluding hydrogens is 767 g/mol. The summed E-state index contributed by atoms with van der Waals surface area (Å²) in [7, 11) is -2.51. The summed E-state index contributed by atoms with van der Waals surface area (Å²) in [5.41, 5.74) is 14.4. The van der Waals surface area contributed by atoms with Crippen LogP contribution in [-0.4, -0.2) is 0 Å². The van der Waals surface area contributed by atoms with Crippen LogP contribution in [0.1, 0.15) is 55.6 Å². The van der Waals surface area contributed by atoms with E-state index < -0.39 is 16.3 Å². The molecule has 0 aliphatic carbocycles. The zero-order valence-electron chi connectivity index (χ0n) is 35.4. The zero-order chi connectivity index (χ0) is 41.6. The molecule has 8 rings (SSSR count). The van der Waals surface area contributed by atoms with Gasteiger partial charge in [-0.3, -0.25) is 0 Å². The highest BCUT2D eigenvalue weighted by Gasteiger charge is 2.30. The van der Waals surface area contributed by atoms with Crippen molar-refractivity contribution in [1.29, 1.82) is 0 Å². The Labute approximate surface area is 359 Å². The van der Waals surface area contributed by atoms with Gasteiger partial charge in [-0.15, -0.1) is 0 Å². The maximum absolute atomic E-state index is 7.75. The number of aryl methyl sites for hydroxylation is 4. The Balaban J connectivity index is 1.43. The first-order chi connectivity index (χ1) is 29.2. The van der Waals surface area contributed by atoms with Gasteiger partial charge in [-0.2, -0.15) is 0 Å². The first-order valence-corrected chi connectivity index (χ1v) is 23.3. The second-order valence-electron chi connectivity index (χ2n) is 15.8. The first-order valence-electron chi connectivity index (χ1n) is 20.8. The highest BCUT2D eigenvalue weighted by atomic mass is 31.1. The molecule has 0 N–H and O–H groups in total. The van der Waals surface area contributed by atoms with Gasteiger partial charge < -0.3 is 9.05 Å². The van der Waals surface area contributed by atoms with E-state index in [0.717, 1.165) is 46.6 Å². The van der Waals surface area contributed by atoms with Crippen molar-refractivity contribution in [3.05, 3.63) is 238 Å². The fourth-order valence-corrected chi connectivity index (χ4v) is 11.4. The molecule has 0 spiro atoms. The molecule has 2 nitrogen and oxygen atoms in total. The maximum atomic E-state index is 7.75. The zero-order valence-corrected chi connectivity index (χ0v) is 37.2. The molecule has 0 saturated carbocycles. The van der Waals surface area contributed by atoms with Crippen LogP contribution >= 0.6 is 16.3 Å². The smallest absolute Gasteiger partial charge is 0.150 e. The molecule has 0 saturated heterocycles. The Morgan fingerprint density at radius 3 is 0.917 bits per heavy atom. The molecule has 0 radical (unpaired) electrons. The van der Waals surface area contributed by atoms with Gasteiger partial charge in [0.15, 0.2) is 16.3 Å². The molecule has 4 heteroatoms. The van der Waals surface area contributed by atoms with Crippen LogP contribution < -0.4 is 30.3 Å². The van der Waals surface area contributed by atoms with Crippen LogP contribution in [0, 0.1) is 41.5 Å². The van der Waals surface area contributed by atoms with Gasteiger partial charge in [0.1, 0.15) is 11.5 Å². The van der Waals surface area contributed by atoms with E-state index in [1.165, 1.54) is 65.7 Å². The number of rotatable bonds is 13.